The van der Waals surface area contributed by atoms with E-state index >= 15 is 0 Å². The molecule has 0 bridgehead atoms. The maximum atomic E-state index is 8.72. The van der Waals surface area contributed by atoms with Gasteiger partial charge in [0.2, 0.25) is 5.88 Å². The van der Waals surface area contributed by atoms with Crippen molar-refractivity contribution < 1.29 is 11.6 Å². The number of thioether (sulfide) groups is 1. The third-order valence-corrected chi connectivity index (χ3v) is 7.70. The number of ether oxygens (including phenoxy) is 1. The predicted molar refractivity (Wildman–Crippen MR) is 118 cm³/mol. The van der Waals surface area contributed by atoms with Crippen LogP contribution in [-0.4, -0.2) is 23.0 Å². The Hall–Kier alpha value is -1.00. The highest BCUT2D eigenvalue weighted by atomic mass is 32.2. The molecule has 5 rings (SSSR count). The van der Waals surface area contributed by atoms with E-state index in [-0.39, 0.29) is 29.0 Å². The Morgan fingerprint density at radius 1 is 1.29 bits per heavy atom. The molecule has 1 aliphatic carbocycles. The standard InChI is InChI=1S/C24H34N2OS/c1-14-8-9-17-16-6-5-7-18(22(16)27-23(17)25-14)19-10-11-21-20(26-19)12-15(28-21)13-24(2,3)4/h11,15-16,19-20,26H,5-10,12-13H2,1-4H3/t15?,16?,19-,20-/m1/s1/i1D3,13D2. The smallest absolute Gasteiger partial charge is 0.218 e. The summed E-state index contributed by atoms with van der Waals surface area (Å²) >= 11 is 1.71. The zero-order valence-corrected chi connectivity index (χ0v) is 17.9. The molecule has 1 saturated heterocycles. The van der Waals surface area contributed by atoms with Crippen LogP contribution in [0.1, 0.15) is 85.8 Å². The van der Waals surface area contributed by atoms with Gasteiger partial charge in [0.1, 0.15) is 5.76 Å². The normalized spacial score (nSPS) is 38.8. The summed E-state index contributed by atoms with van der Waals surface area (Å²) in [6.07, 6.45) is 7.06. The minimum atomic E-state index is -2.16. The lowest BCUT2D eigenvalue weighted by Gasteiger charge is -2.33. The summed E-state index contributed by atoms with van der Waals surface area (Å²) in [7, 11) is 0. The molecule has 28 heavy (non-hydrogen) atoms. The van der Waals surface area contributed by atoms with Crippen molar-refractivity contribution in [3.63, 3.8) is 0 Å². The molecule has 152 valence electrons. The van der Waals surface area contributed by atoms with Gasteiger partial charge in [0, 0.05) is 41.4 Å². The first-order valence-electron chi connectivity index (χ1n) is 13.2. The molecule has 0 amide bonds. The Morgan fingerprint density at radius 2 is 2.18 bits per heavy atom. The maximum Gasteiger partial charge on any atom is 0.218 e. The molecule has 4 aliphatic heterocycles. The lowest BCUT2D eigenvalue weighted by Crippen LogP contribution is -2.42. The second kappa shape index (κ2) is 7.05. The number of hydrogen-bond acceptors (Lipinski definition) is 4. The van der Waals surface area contributed by atoms with Crippen molar-refractivity contribution in [3.05, 3.63) is 33.8 Å². The fourth-order valence-corrected chi connectivity index (χ4v) is 6.79. The lowest BCUT2D eigenvalue weighted by atomic mass is 9.79. The molecule has 1 N–H and O–H groups in total. The third-order valence-electron chi connectivity index (χ3n) is 6.38. The molecule has 0 radical (unpaired) electrons. The van der Waals surface area contributed by atoms with E-state index in [1.165, 1.54) is 16.1 Å². The van der Waals surface area contributed by atoms with Crippen LogP contribution in [0.2, 0.25) is 0 Å². The molecule has 4 atom stereocenters. The van der Waals surface area contributed by atoms with Gasteiger partial charge in [0.25, 0.3) is 0 Å². The van der Waals surface area contributed by atoms with Crippen LogP contribution in [0.25, 0.3) is 0 Å². The number of hydrogen-bond donors (Lipinski definition) is 1. The van der Waals surface area contributed by atoms with Crippen LogP contribution in [0, 0.1) is 11.3 Å². The zero-order chi connectivity index (χ0) is 23.8. The van der Waals surface area contributed by atoms with Gasteiger partial charge >= 0.3 is 0 Å². The van der Waals surface area contributed by atoms with Gasteiger partial charge in [-0.1, -0.05) is 26.8 Å². The topological polar surface area (TPSA) is 33.6 Å². The summed E-state index contributed by atoms with van der Waals surface area (Å²) in [4.78, 5) is 5.71. The SMILES string of the molecule is [2H]C([2H])([2H])C1=NC2=C(CC1)C1CCCC([C@H]3CC=C4SC(C([2H])([2H])C(C)(C)C)C[C@H]4N3)=C1O2. The first-order chi connectivity index (χ1) is 15.4. The van der Waals surface area contributed by atoms with Crippen LogP contribution in [-0.2, 0) is 4.74 Å². The first kappa shape index (κ1) is 14.1. The Morgan fingerprint density at radius 3 is 3.00 bits per heavy atom. The highest BCUT2D eigenvalue weighted by Gasteiger charge is 2.42. The van der Waals surface area contributed by atoms with E-state index in [0.29, 0.717) is 12.3 Å². The van der Waals surface area contributed by atoms with Gasteiger partial charge < -0.3 is 10.1 Å². The van der Waals surface area contributed by atoms with Crippen LogP contribution in [0.15, 0.2) is 38.8 Å². The van der Waals surface area contributed by atoms with Crippen LogP contribution >= 0.6 is 11.8 Å². The molecule has 0 aromatic carbocycles. The van der Waals surface area contributed by atoms with Crippen molar-refractivity contribution in [2.75, 3.05) is 0 Å². The van der Waals surface area contributed by atoms with E-state index in [9.17, 15) is 0 Å². The second-order valence-corrected chi connectivity index (χ2v) is 11.0. The van der Waals surface area contributed by atoms with E-state index in [1.54, 1.807) is 11.8 Å². The molecule has 5 aliphatic rings. The fraction of sp³-hybridized carbons (Fsp3) is 0.708. The van der Waals surface area contributed by atoms with Crippen molar-refractivity contribution in [1.82, 2.24) is 5.32 Å². The van der Waals surface area contributed by atoms with Gasteiger partial charge in [-0.3, -0.25) is 0 Å². The van der Waals surface area contributed by atoms with Crippen LogP contribution < -0.4 is 5.32 Å². The van der Waals surface area contributed by atoms with E-state index < -0.39 is 18.6 Å². The summed E-state index contributed by atoms with van der Waals surface area (Å²) in [5, 5.41) is 3.77. The molecule has 0 aromatic heterocycles. The molecule has 1 fully saturated rings. The summed E-state index contributed by atoms with van der Waals surface area (Å²) in [6.45, 7) is 3.80. The molecule has 3 nitrogen and oxygen atoms in total. The molecule has 0 aromatic rings. The highest BCUT2D eigenvalue weighted by Crippen LogP contribution is 2.49. The second-order valence-electron chi connectivity index (χ2n) is 9.68. The quantitative estimate of drug-likeness (QED) is 0.605. The first-order valence-corrected chi connectivity index (χ1v) is 11.6. The van der Waals surface area contributed by atoms with E-state index in [2.05, 4.69) is 16.4 Å². The largest absolute Gasteiger partial charge is 0.443 e. The molecular weight excluding hydrogens is 364 g/mol. The minimum absolute atomic E-state index is 0.0545. The van der Waals surface area contributed by atoms with Gasteiger partial charge in [-0.15, -0.1) is 11.8 Å². The Bertz CT molecular complexity index is 972. The van der Waals surface area contributed by atoms with Crippen LogP contribution in [0.5, 0.6) is 0 Å². The number of nitrogens with one attached hydrogen (secondary N) is 1. The van der Waals surface area contributed by atoms with Gasteiger partial charge in [0.15, 0.2) is 0 Å². The highest BCUT2D eigenvalue weighted by molar-refractivity contribution is 8.04. The van der Waals surface area contributed by atoms with Crippen molar-refractivity contribution >= 4 is 17.5 Å². The number of nitrogens with zero attached hydrogens (tertiary/aromatic N) is 1. The number of rotatable bonds is 2. The summed E-state index contributed by atoms with van der Waals surface area (Å²) in [5.41, 5.74) is 2.33. The lowest BCUT2D eigenvalue weighted by molar-refractivity contribution is 0.272. The molecule has 0 spiro atoms. The third kappa shape index (κ3) is 3.52. The van der Waals surface area contributed by atoms with Gasteiger partial charge in [0.05, 0.1) is 0 Å². The number of fused-ring (bicyclic) bond motifs is 3. The van der Waals surface area contributed by atoms with Crippen LogP contribution in [0.3, 0.4) is 0 Å². The monoisotopic (exact) mass is 403 g/mol. The molecular formula is C24H34N2OS. The van der Waals surface area contributed by atoms with Gasteiger partial charge in [-0.05, 0) is 74.1 Å². The number of aliphatic imine (C=N–C) groups is 1. The molecule has 4 heteroatoms. The van der Waals surface area contributed by atoms with Crippen molar-refractivity contribution in [2.24, 2.45) is 16.3 Å². The Labute approximate surface area is 181 Å². The van der Waals surface area contributed by atoms with E-state index in [4.69, 9.17) is 11.6 Å². The molecule has 0 saturated carbocycles. The Balaban J connectivity index is 1.36. The van der Waals surface area contributed by atoms with Crippen molar-refractivity contribution in [3.8, 4) is 0 Å². The van der Waals surface area contributed by atoms with Gasteiger partial charge in [-0.25, -0.2) is 4.99 Å². The van der Waals surface area contributed by atoms with Crippen molar-refractivity contribution in [1.29, 1.82) is 0 Å². The maximum absolute atomic E-state index is 8.72. The molecule has 2 unspecified atom stereocenters. The summed E-state index contributed by atoms with van der Waals surface area (Å²) in [5.74, 6) is 1.77. The fourth-order valence-electron chi connectivity index (χ4n) is 5.24. The number of allylic oxidation sites excluding steroid dienone is 1. The van der Waals surface area contributed by atoms with E-state index in [1.807, 2.05) is 20.8 Å². The predicted octanol–water partition coefficient (Wildman–Crippen LogP) is 6.09. The molecule has 4 heterocycles. The summed E-state index contributed by atoms with van der Waals surface area (Å²) in [6, 6.07) is 0.373. The van der Waals surface area contributed by atoms with Gasteiger partial charge in [-0.2, -0.15) is 0 Å². The minimum Gasteiger partial charge on any atom is -0.443 e. The zero-order valence-electron chi connectivity index (χ0n) is 22.1. The Kier molecular flexibility index (Phi) is 3.55. The average molecular weight is 404 g/mol. The summed E-state index contributed by atoms with van der Waals surface area (Å²) < 4.78 is 46.9. The van der Waals surface area contributed by atoms with E-state index in [0.717, 1.165) is 44.3 Å². The van der Waals surface area contributed by atoms with Crippen LogP contribution in [0.4, 0.5) is 0 Å². The van der Waals surface area contributed by atoms with Crippen molar-refractivity contribution in [2.45, 2.75) is 96.3 Å². The average Bonchev–Trinajstić information content (AvgIpc) is 3.32.